The number of aliphatic carboxylic acids is 1. The summed E-state index contributed by atoms with van der Waals surface area (Å²) in [6.07, 6.45) is -0.505. The van der Waals surface area contributed by atoms with Crippen LogP contribution in [0.4, 0.5) is 0 Å². The summed E-state index contributed by atoms with van der Waals surface area (Å²) in [5, 5.41) is 7.93. The molecule has 0 unspecified atom stereocenters. The van der Waals surface area contributed by atoms with Crippen LogP contribution < -0.4 is 0 Å². The molecule has 0 amide bonds. The Balaban J connectivity index is 0. The maximum absolute atomic E-state index is 10.1. The van der Waals surface area contributed by atoms with Gasteiger partial charge in [0.2, 0.25) is 5.78 Å². The second kappa shape index (κ2) is 7.43. The van der Waals surface area contributed by atoms with Gasteiger partial charge in [0.1, 0.15) is 5.78 Å². The molecule has 0 aliphatic rings. The number of hydrogen-bond acceptors (Lipinski definition) is 4. The number of carboxylic acids is 1. The van der Waals surface area contributed by atoms with E-state index in [0.717, 1.165) is 20.4 Å². The van der Waals surface area contributed by atoms with Gasteiger partial charge in [0.15, 0.2) is 0 Å². The Morgan fingerprint density at radius 3 is 1.73 bits per heavy atom. The number of carbonyl (C=O) groups excluding carboxylic acids is 2. The number of rotatable bonds is 3. The van der Waals surface area contributed by atoms with Crippen molar-refractivity contribution in [2.75, 3.05) is 0 Å². The average Bonchev–Trinajstić information content (AvgIpc) is 1.90. The van der Waals surface area contributed by atoms with Crippen LogP contribution in [0, 0.1) is 0 Å². The Morgan fingerprint density at radius 1 is 1.27 bits per heavy atom. The van der Waals surface area contributed by atoms with E-state index in [0.29, 0.717) is 0 Å². The van der Waals surface area contributed by atoms with Crippen molar-refractivity contribution in [2.45, 2.75) is 13.3 Å². The van der Waals surface area contributed by atoms with Gasteiger partial charge < -0.3 is 5.11 Å². The normalized spacial score (nSPS) is 7.27. The van der Waals surface area contributed by atoms with Gasteiger partial charge in [0.05, 0.1) is 6.42 Å². The number of ketones is 2. The summed E-state index contributed by atoms with van der Waals surface area (Å²) in [5.41, 5.74) is 0. The molecule has 0 aromatic rings. The third-order valence-corrected chi connectivity index (χ3v) is 0.648. The molecule has 0 aromatic heterocycles. The molecule has 5 nitrogen and oxygen atoms in total. The third kappa shape index (κ3) is 9.32. The second-order valence-corrected chi connectivity index (χ2v) is 1.61. The van der Waals surface area contributed by atoms with E-state index in [1.54, 1.807) is 0 Å². The Bertz CT molecular complexity index is 176. The van der Waals surface area contributed by atoms with Crippen LogP contribution in [0.1, 0.15) is 13.3 Å². The van der Waals surface area contributed by atoms with Crippen molar-refractivity contribution < 1.29 is 43.2 Å². The van der Waals surface area contributed by atoms with Crippen LogP contribution >= 0.6 is 0 Å². The van der Waals surface area contributed by atoms with Crippen LogP contribution in [0.15, 0.2) is 0 Å². The summed E-state index contributed by atoms with van der Waals surface area (Å²) in [4.78, 5) is 29.9. The van der Waals surface area contributed by atoms with Crippen molar-refractivity contribution in [3.63, 3.8) is 0 Å². The van der Waals surface area contributed by atoms with Crippen LogP contribution in [0.25, 0.3) is 0 Å². The predicted octanol–water partition coefficient (Wildman–Crippen LogP) is -0.502. The summed E-state index contributed by atoms with van der Waals surface area (Å²) < 4.78 is 8.25. The molecule has 0 fully saturated rings. The fraction of sp³-hybridized carbons (Fsp3) is 0.400. The van der Waals surface area contributed by atoms with E-state index < -0.39 is 24.0 Å². The zero-order chi connectivity index (χ0) is 9.44. The van der Waals surface area contributed by atoms with Gasteiger partial charge in [-0.15, -0.1) is 0 Å². The molecule has 0 saturated heterocycles. The molecule has 0 heterocycles. The van der Waals surface area contributed by atoms with Crippen LogP contribution in [0.5, 0.6) is 0 Å². The van der Waals surface area contributed by atoms with Gasteiger partial charge in [-0.3, -0.25) is 9.59 Å². The van der Waals surface area contributed by atoms with E-state index in [2.05, 4.69) is 0 Å². The number of hydrogen-bond donors (Lipinski definition) is 1. The SMILES string of the molecule is CC(=O)CC(=O)C(=O)O.[O]=[Ti]. The van der Waals surface area contributed by atoms with Crippen molar-refractivity contribution in [2.24, 2.45) is 0 Å². The van der Waals surface area contributed by atoms with Crippen molar-refractivity contribution in [3.05, 3.63) is 0 Å². The minimum atomic E-state index is -1.55. The quantitative estimate of drug-likeness (QED) is 0.371. The summed E-state index contributed by atoms with van der Waals surface area (Å²) in [6, 6.07) is 0. The van der Waals surface area contributed by atoms with Gasteiger partial charge in [-0.05, 0) is 6.92 Å². The van der Waals surface area contributed by atoms with Gasteiger partial charge in [-0.25, -0.2) is 4.79 Å². The summed E-state index contributed by atoms with van der Waals surface area (Å²) >= 11 is 0.750. The molecule has 60 valence electrons. The molecule has 0 aliphatic carbocycles. The first-order chi connectivity index (χ1) is 5.04. The van der Waals surface area contributed by atoms with Crippen LogP contribution in [-0.2, 0) is 38.1 Å². The van der Waals surface area contributed by atoms with E-state index in [-0.39, 0.29) is 0 Å². The topological polar surface area (TPSA) is 88.5 Å². The van der Waals surface area contributed by atoms with Crippen molar-refractivity contribution in [3.8, 4) is 0 Å². The summed E-state index contributed by atoms with van der Waals surface area (Å²) in [7, 11) is 0. The molecule has 0 bridgehead atoms. The third-order valence-electron chi connectivity index (χ3n) is 0.648. The first kappa shape index (κ1) is 13.0. The van der Waals surface area contributed by atoms with Crippen LogP contribution in [-0.4, -0.2) is 22.6 Å². The average molecular weight is 194 g/mol. The molecule has 0 aromatic carbocycles. The van der Waals surface area contributed by atoms with E-state index in [4.69, 9.17) is 8.43 Å². The number of carbonyl (C=O) groups is 3. The standard InChI is InChI=1S/C5H6O4.O.Ti/c1-3(6)2-4(7)5(8)9;;/h2H2,1H3,(H,8,9);;. The molecule has 0 atom stereocenters. The molecule has 1 N–H and O–H groups in total. The first-order valence-electron chi connectivity index (χ1n) is 2.50. The minimum absolute atomic E-state index is 0.428. The zero-order valence-electron chi connectivity index (χ0n) is 5.79. The van der Waals surface area contributed by atoms with Crippen molar-refractivity contribution >= 4 is 17.5 Å². The molecule has 0 spiro atoms. The van der Waals surface area contributed by atoms with E-state index >= 15 is 0 Å². The van der Waals surface area contributed by atoms with E-state index in [1.165, 1.54) is 6.92 Å². The maximum atomic E-state index is 10.1. The number of Topliss-reactive ketones (excluding diaryl/α,β-unsaturated/α-hetero) is 2. The Hall–Kier alpha value is -0.676. The summed E-state index contributed by atoms with van der Waals surface area (Å²) in [5.74, 6) is -3.03. The van der Waals surface area contributed by atoms with Gasteiger partial charge >= 0.3 is 29.7 Å². The molecule has 0 saturated carbocycles. The fourth-order valence-electron chi connectivity index (χ4n) is 0.302. The first-order valence-corrected chi connectivity index (χ1v) is 3.13. The van der Waals surface area contributed by atoms with Gasteiger partial charge in [-0.2, -0.15) is 0 Å². The molecule has 11 heavy (non-hydrogen) atoms. The monoisotopic (exact) mass is 194 g/mol. The second-order valence-electron chi connectivity index (χ2n) is 1.61. The van der Waals surface area contributed by atoms with Crippen molar-refractivity contribution in [1.82, 2.24) is 0 Å². The van der Waals surface area contributed by atoms with Crippen LogP contribution in [0.3, 0.4) is 0 Å². The van der Waals surface area contributed by atoms with Gasteiger partial charge in [0.25, 0.3) is 0 Å². The fourth-order valence-corrected chi connectivity index (χ4v) is 0.302. The Labute approximate surface area is 74.5 Å². The molecule has 0 aliphatic heterocycles. The Kier molecular flexibility index (Phi) is 8.75. The van der Waals surface area contributed by atoms with Gasteiger partial charge in [0, 0.05) is 0 Å². The molecular weight excluding hydrogens is 188 g/mol. The van der Waals surface area contributed by atoms with Crippen molar-refractivity contribution in [1.29, 1.82) is 0 Å². The Morgan fingerprint density at radius 2 is 1.64 bits per heavy atom. The van der Waals surface area contributed by atoms with Crippen LogP contribution in [0.2, 0.25) is 0 Å². The predicted molar refractivity (Wildman–Crippen MR) is 28.6 cm³/mol. The molecule has 6 heteroatoms. The van der Waals surface area contributed by atoms with E-state index in [9.17, 15) is 14.4 Å². The zero-order valence-corrected chi connectivity index (χ0v) is 7.35. The van der Waals surface area contributed by atoms with Gasteiger partial charge in [-0.1, -0.05) is 0 Å². The summed E-state index contributed by atoms with van der Waals surface area (Å²) in [6.45, 7) is 1.17. The number of carboxylic acid groups (broad SMARTS) is 1. The molecule has 0 radical (unpaired) electrons. The molecular formula is C5H6O5Ti. The molecule has 0 rings (SSSR count). The van der Waals surface area contributed by atoms with E-state index in [1.807, 2.05) is 0 Å².